The highest BCUT2D eigenvalue weighted by Gasteiger charge is 2.36. The molecule has 35 heavy (non-hydrogen) atoms. The fraction of sp³-hybridized carbons (Fsp3) is 0.385. The number of imidazole rings is 1. The number of aryl methyl sites for hydroxylation is 1. The van der Waals surface area contributed by atoms with Crippen LogP contribution in [0.5, 0.6) is 0 Å². The Balaban J connectivity index is 1.56. The van der Waals surface area contributed by atoms with Gasteiger partial charge >= 0.3 is 0 Å². The SMILES string of the molecule is CC1C(=O)N(C)Cc2c(-c3c(F)ccc4cc(-c5ccn(C)n5)ncc34)nc(C3CCOCC3)n21. The predicted octanol–water partition coefficient (Wildman–Crippen LogP) is 4.06. The van der Waals surface area contributed by atoms with E-state index in [0.717, 1.165) is 41.1 Å². The number of nitrogens with zero attached hydrogens (tertiary/aromatic N) is 6. The average molecular weight is 475 g/mol. The van der Waals surface area contributed by atoms with E-state index >= 15 is 4.39 Å². The molecule has 0 N–H and O–H groups in total. The number of carbonyl (C=O) groups is 1. The van der Waals surface area contributed by atoms with Crippen molar-refractivity contribution in [2.24, 2.45) is 7.05 Å². The molecule has 0 radical (unpaired) electrons. The number of aromatic nitrogens is 5. The van der Waals surface area contributed by atoms with Crippen LogP contribution in [0, 0.1) is 5.82 Å². The number of fused-ring (bicyclic) bond motifs is 2. The Hall–Kier alpha value is -3.59. The molecule has 5 heterocycles. The van der Waals surface area contributed by atoms with E-state index in [2.05, 4.69) is 10.1 Å². The summed E-state index contributed by atoms with van der Waals surface area (Å²) in [6.07, 6.45) is 5.24. The Morgan fingerprint density at radius 2 is 1.91 bits per heavy atom. The van der Waals surface area contributed by atoms with E-state index in [4.69, 9.17) is 9.72 Å². The van der Waals surface area contributed by atoms with Crippen LogP contribution in [0.25, 0.3) is 33.4 Å². The molecule has 1 saturated heterocycles. The number of pyridine rings is 1. The Bertz CT molecular complexity index is 1450. The second-order valence-corrected chi connectivity index (χ2v) is 9.48. The molecular formula is C26H27FN6O2. The van der Waals surface area contributed by atoms with Gasteiger partial charge in [-0.15, -0.1) is 0 Å². The van der Waals surface area contributed by atoms with Crippen LogP contribution in [0.1, 0.15) is 43.2 Å². The van der Waals surface area contributed by atoms with E-state index in [1.165, 1.54) is 6.07 Å². The topological polar surface area (TPSA) is 78.1 Å². The summed E-state index contributed by atoms with van der Waals surface area (Å²) in [6.45, 7) is 3.60. The van der Waals surface area contributed by atoms with Gasteiger partial charge in [0.15, 0.2) is 0 Å². The molecule has 1 unspecified atom stereocenters. The monoisotopic (exact) mass is 474 g/mol. The minimum Gasteiger partial charge on any atom is -0.381 e. The quantitative estimate of drug-likeness (QED) is 0.447. The molecule has 8 nitrogen and oxygen atoms in total. The number of amides is 1. The average Bonchev–Trinajstić information content (AvgIpc) is 3.47. The van der Waals surface area contributed by atoms with Gasteiger partial charge in [0.25, 0.3) is 0 Å². The summed E-state index contributed by atoms with van der Waals surface area (Å²) in [5.41, 5.74) is 3.37. The minimum absolute atomic E-state index is 0.0369. The van der Waals surface area contributed by atoms with Crippen molar-refractivity contribution < 1.29 is 13.9 Å². The van der Waals surface area contributed by atoms with Crippen molar-refractivity contribution in [1.82, 2.24) is 29.2 Å². The normalized spacial score (nSPS) is 18.9. The number of hydrogen-bond acceptors (Lipinski definition) is 5. The van der Waals surface area contributed by atoms with E-state index in [-0.39, 0.29) is 17.6 Å². The summed E-state index contributed by atoms with van der Waals surface area (Å²) in [6, 6.07) is 6.69. The summed E-state index contributed by atoms with van der Waals surface area (Å²) in [5, 5.41) is 5.99. The van der Waals surface area contributed by atoms with Crippen LogP contribution in [0.4, 0.5) is 4.39 Å². The maximum absolute atomic E-state index is 15.5. The van der Waals surface area contributed by atoms with Crippen LogP contribution in [0.15, 0.2) is 36.7 Å². The van der Waals surface area contributed by atoms with E-state index in [1.807, 2.05) is 36.9 Å². The van der Waals surface area contributed by atoms with Crippen molar-refractivity contribution in [3.8, 4) is 22.6 Å². The van der Waals surface area contributed by atoms with Crippen molar-refractivity contribution in [3.63, 3.8) is 0 Å². The van der Waals surface area contributed by atoms with Crippen molar-refractivity contribution in [2.75, 3.05) is 20.3 Å². The molecule has 3 aromatic heterocycles. The first kappa shape index (κ1) is 21.9. The lowest BCUT2D eigenvalue weighted by Crippen LogP contribution is -2.40. The number of carbonyl (C=O) groups excluding carboxylic acids is 1. The van der Waals surface area contributed by atoms with E-state index in [1.54, 1.807) is 28.9 Å². The first-order valence-corrected chi connectivity index (χ1v) is 11.9. The summed E-state index contributed by atoms with van der Waals surface area (Å²) in [4.78, 5) is 24.2. The predicted molar refractivity (Wildman–Crippen MR) is 129 cm³/mol. The van der Waals surface area contributed by atoms with Gasteiger partial charge in [-0.05, 0) is 43.4 Å². The van der Waals surface area contributed by atoms with Crippen LogP contribution in [-0.4, -0.2) is 55.4 Å². The van der Waals surface area contributed by atoms with Crippen LogP contribution in [0.3, 0.4) is 0 Å². The molecule has 0 aliphatic carbocycles. The molecule has 0 saturated carbocycles. The Labute approximate surface area is 202 Å². The molecule has 2 aliphatic rings. The summed E-state index contributed by atoms with van der Waals surface area (Å²) in [7, 11) is 3.64. The van der Waals surface area contributed by atoms with Crippen molar-refractivity contribution in [3.05, 3.63) is 54.0 Å². The molecule has 0 spiro atoms. The molecule has 1 fully saturated rings. The molecule has 0 bridgehead atoms. The first-order valence-electron chi connectivity index (χ1n) is 11.9. The van der Waals surface area contributed by atoms with Gasteiger partial charge in [-0.2, -0.15) is 5.10 Å². The Morgan fingerprint density at radius 1 is 1.11 bits per heavy atom. The second-order valence-electron chi connectivity index (χ2n) is 9.48. The van der Waals surface area contributed by atoms with Crippen LogP contribution < -0.4 is 0 Å². The van der Waals surface area contributed by atoms with Gasteiger partial charge in [-0.3, -0.25) is 14.5 Å². The van der Waals surface area contributed by atoms with Crippen molar-refractivity contribution in [2.45, 2.75) is 38.3 Å². The zero-order valence-electron chi connectivity index (χ0n) is 20.0. The highest BCUT2D eigenvalue weighted by Crippen LogP contribution is 2.40. The lowest BCUT2D eigenvalue weighted by molar-refractivity contribution is -0.135. The molecule has 2 aliphatic heterocycles. The fourth-order valence-corrected chi connectivity index (χ4v) is 5.37. The first-order chi connectivity index (χ1) is 16.9. The molecule has 9 heteroatoms. The number of halogens is 1. The van der Waals surface area contributed by atoms with Gasteiger partial charge in [0, 0.05) is 56.6 Å². The molecule has 4 aromatic rings. The fourth-order valence-electron chi connectivity index (χ4n) is 5.37. The van der Waals surface area contributed by atoms with Gasteiger partial charge in [-0.25, -0.2) is 9.37 Å². The second kappa shape index (κ2) is 8.27. The third-order valence-corrected chi connectivity index (χ3v) is 7.20. The van der Waals surface area contributed by atoms with E-state index in [9.17, 15) is 4.79 Å². The van der Waals surface area contributed by atoms with Gasteiger partial charge < -0.3 is 14.2 Å². The summed E-state index contributed by atoms with van der Waals surface area (Å²) in [5.74, 6) is 0.704. The highest BCUT2D eigenvalue weighted by atomic mass is 19.1. The Morgan fingerprint density at radius 3 is 2.66 bits per heavy atom. The lowest BCUT2D eigenvalue weighted by atomic mass is 9.98. The maximum atomic E-state index is 15.5. The maximum Gasteiger partial charge on any atom is 0.245 e. The van der Waals surface area contributed by atoms with Gasteiger partial charge in [0.1, 0.15) is 23.4 Å². The zero-order valence-corrected chi connectivity index (χ0v) is 20.0. The molecule has 6 rings (SSSR count). The van der Waals surface area contributed by atoms with Gasteiger partial charge in [0.05, 0.1) is 23.6 Å². The largest absolute Gasteiger partial charge is 0.381 e. The number of hydrogen-bond donors (Lipinski definition) is 0. The summed E-state index contributed by atoms with van der Waals surface area (Å²) >= 11 is 0. The number of likely N-dealkylation sites (N-methyl/N-ethyl adjacent to an activating group) is 1. The van der Waals surface area contributed by atoms with Gasteiger partial charge in [0.2, 0.25) is 5.91 Å². The van der Waals surface area contributed by atoms with Crippen LogP contribution >= 0.6 is 0 Å². The molecule has 180 valence electrons. The third-order valence-electron chi connectivity index (χ3n) is 7.20. The van der Waals surface area contributed by atoms with Crippen molar-refractivity contribution in [1.29, 1.82) is 0 Å². The number of ether oxygens (including phenoxy) is 1. The molecule has 1 atom stereocenters. The van der Waals surface area contributed by atoms with Crippen molar-refractivity contribution >= 4 is 16.7 Å². The van der Waals surface area contributed by atoms with E-state index in [0.29, 0.717) is 36.4 Å². The molecule has 1 amide bonds. The zero-order chi connectivity index (χ0) is 24.3. The number of benzene rings is 1. The third kappa shape index (κ3) is 3.53. The summed E-state index contributed by atoms with van der Waals surface area (Å²) < 4.78 is 24.9. The lowest BCUT2D eigenvalue weighted by Gasteiger charge is -2.32. The van der Waals surface area contributed by atoms with Crippen LogP contribution in [-0.2, 0) is 23.1 Å². The number of rotatable bonds is 3. The Kier molecular flexibility index (Phi) is 5.17. The standard InChI is InChI=1S/C26H27FN6O2/c1-15-26(34)31(2)14-22-24(29-25(33(15)22)16-7-10-35-11-8-16)23-18-13-28-21(20-6-9-32(3)30-20)12-17(18)4-5-19(23)27/h4-6,9,12-13,15-16H,7-8,10-11,14H2,1-3H3. The van der Waals surface area contributed by atoms with E-state index < -0.39 is 6.04 Å². The minimum atomic E-state index is -0.394. The molecular weight excluding hydrogens is 447 g/mol. The van der Waals surface area contributed by atoms with Crippen LogP contribution in [0.2, 0.25) is 0 Å². The highest BCUT2D eigenvalue weighted by molar-refractivity contribution is 5.98. The molecule has 1 aromatic carbocycles. The smallest absolute Gasteiger partial charge is 0.245 e. The van der Waals surface area contributed by atoms with Gasteiger partial charge in [-0.1, -0.05) is 6.07 Å².